The summed E-state index contributed by atoms with van der Waals surface area (Å²) in [5.41, 5.74) is 2.03. The van der Waals surface area contributed by atoms with E-state index in [-0.39, 0.29) is 17.9 Å². The monoisotopic (exact) mass is 404 g/mol. The van der Waals surface area contributed by atoms with Crippen molar-refractivity contribution in [3.63, 3.8) is 0 Å². The Balaban J connectivity index is 1.53. The number of aromatic nitrogens is 1. The van der Waals surface area contributed by atoms with Crippen molar-refractivity contribution in [3.05, 3.63) is 90.1 Å². The predicted octanol–water partition coefficient (Wildman–Crippen LogP) is 4.11. The Kier molecular flexibility index (Phi) is 5.52. The Morgan fingerprint density at radius 3 is 2.60 bits per heavy atom. The summed E-state index contributed by atoms with van der Waals surface area (Å²) in [6.45, 7) is -0.224. The van der Waals surface area contributed by atoms with Crippen LogP contribution in [0.2, 0.25) is 0 Å². The van der Waals surface area contributed by atoms with Crippen LogP contribution in [0.15, 0.2) is 77.4 Å². The van der Waals surface area contributed by atoms with Crippen molar-refractivity contribution < 1.29 is 23.1 Å². The molecule has 0 unspecified atom stereocenters. The number of esters is 1. The number of hydrogen-bond donors (Lipinski definition) is 1. The molecule has 7 heteroatoms. The normalized spacial score (nSPS) is 10.7. The number of carbonyl (C=O) groups is 2. The second-order valence-electron chi connectivity index (χ2n) is 6.51. The van der Waals surface area contributed by atoms with E-state index in [9.17, 15) is 14.0 Å². The SMILES string of the molecule is O=C(COC(=O)c1cc(-c2ccc(F)cc2)nc2ccccc12)NCc1ccco1. The van der Waals surface area contributed by atoms with Crippen LogP contribution >= 0.6 is 0 Å². The van der Waals surface area contributed by atoms with Gasteiger partial charge in [-0.1, -0.05) is 18.2 Å². The van der Waals surface area contributed by atoms with Gasteiger partial charge in [0.1, 0.15) is 11.6 Å². The first-order valence-corrected chi connectivity index (χ1v) is 9.22. The molecule has 1 N–H and O–H groups in total. The topological polar surface area (TPSA) is 81.4 Å². The standard InChI is InChI=1S/C23H17FN2O4/c24-16-9-7-15(8-10-16)21-12-19(18-5-1-2-6-20(18)26-21)23(28)30-14-22(27)25-13-17-4-3-11-29-17/h1-12H,13-14H2,(H,25,27). The van der Waals surface area contributed by atoms with Gasteiger partial charge in [0.25, 0.3) is 5.91 Å². The number of rotatable bonds is 6. The van der Waals surface area contributed by atoms with Crippen molar-refractivity contribution in [2.24, 2.45) is 0 Å². The number of ether oxygens (including phenoxy) is 1. The van der Waals surface area contributed by atoms with Crippen LogP contribution in [-0.4, -0.2) is 23.5 Å². The zero-order valence-corrected chi connectivity index (χ0v) is 15.8. The van der Waals surface area contributed by atoms with Gasteiger partial charge in [0, 0.05) is 10.9 Å². The van der Waals surface area contributed by atoms with Gasteiger partial charge in [-0.05, 0) is 48.5 Å². The Morgan fingerprint density at radius 2 is 1.83 bits per heavy atom. The first-order valence-electron chi connectivity index (χ1n) is 9.22. The van der Waals surface area contributed by atoms with Gasteiger partial charge in [0.2, 0.25) is 0 Å². The van der Waals surface area contributed by atoms with Crippen LogP contribution in [0.5, 0.6) is 0 Å². The highest BCUT2D eigenvalue weighted by Gasteiger charge is 2.16. The van der Waals surface area contributed by atoms with Crippen molar-refractivity contribution in [1.29, 1.82) is 0 Å². The third-order valence-electron chi connectivity index (χ3n) is 4.45. The summed E-state index contributed by atoms with van der Waals surface area (Å²) >= 11 is 0. The molecule has 0 radical (unpaired) electrons. The molecule has 2 aromatic carbocycles. The summed E-state index contributed by atoms with van der Waals surface area (Å²) in [5.74, 6) is -0.861. The number of halogens is 1. The van der Waals surface area contributed by atoms with E-state index < -0.39 is 18.5 Å². The molecule has 150 valence electrons. The Hall–Kier alpha value is -4.00. The molecule has 2 aromatic heterocycles. The molecule has 0 fully saturated rings. The molecular formula is C23H17FN2O4. The van der Waals surface area contributed by atoms with E-state index in [0.29, 0.717) is 27.9 Å². The van der Waals surface area contributed by atoms with Gasteiger partial charge in [-0.15, -0.1) is 0 Å². The van der Waals surface area contributed by atoms with Crippen LogP contribution in [0.4, 0.5) is 4.39 Å². The average Bonchev–Trinajstić information content (AvgIpc) is 3.29. The fourth-order valence-electron chi connectivity index (χ4n) is 2.97. The zero-order chi connectivity index (χ0) is 20.9. The Labute approximate surface area is 171 Å². The summed E-state index contributed by atoms with van der Waals surface area (Å²) in [6, 6.07) is 18.0. The lowest BCUT2D eigenvalue weighted by Gasteiger charge is -2.10. The number of fused-ring (bicyclic) bond motifs is 1. The molecule has 6 nitrogen and oxygen atoms in total. The minimum atomic E-state index is -0.648. The number of furan rings is 1. The van der Waals surface area contributed by atoms with Gasteiger partial charge in [0.05, 0.1) is 29.6 Å². The lowest BCUT2D eigenvalue weighted by Crippen LogP contribution is -2.28. The van der Waals surface area contributed by atoms with Crippen molar-refractivity contribution in [2.45, 2.75) is 6.54 Å². The predicted molar refractivity (Wildman–Crippen MR) is 108 cm³/mol. The number of carbonyl (C=O) groups excluding carboxylic acids is 2. The number of benzene rings is 2. The van der Waals surface area contributed by atoms with E-state index in [1.807, 2.05) is 0 Å². The molecule has 0 atom stereocenters. The van der Waals surface area contributed by atoms with Crippen LogP contribution in [0.3, 0.4) is 0 Å². The number of nitrogens with one attached hydrogen (secondary N) is 1. The highest BCUT2D eigenvalue weighted by atomic mass is 19.1. The van der Waals surface area contributed by atoms with E-state index in [1.165, 1.54) is 18.4 Å². The van der Waals surface area contributed by atoms with Crippen LogP contribution in [0, 0.1) is 5.82 Å². The van der Waals surface area contributed by atoms with E-state index in [0.717, 1.165) is 0 Å². The third kappa shape index (κ3) is 4.35. The zero-order valence-electron chi connectivity index (χ0n) is 15.8. The van der Waals surface area contributed by atoms with E-state index in [1.54, 1.807) is 54.6 Å². The smallest absolute Gasteiger partial charge is 0.339 e. The van der Waals surface area contributed by atoms with Crippen molar-refractivity contribution in [3.8, 4) is 11.3 Å². The van der Waals surface area contributed by atoms with Crippen molar-refractivity contribution in [1.82, 2.24) is 10.3 Å². The van der Waals surface area contributed by atoms with Crippen LogP contribution in [-0.2, 0) is 16.1 Å². The maximum absolute atomic E-state index is 13.3. The van der Waals surface area contributed by atoms with E-state index >= 15 is 0 Å². The Bertz CT molecular complexity index is 1190. The number of para-hydroxylation sites is 1. The first kappa shape index (κ1) is 19.3. The summed E-state index contributed by atoms with van der Waals surface area (Å²) in [4.78, 5) is 29.3. The largest absolute Gasteiger partial charge is 0.467 e. The molecule has 0 spiro atoms. The van der Waals surface area contributed by atoms with E-state index in [2.05, 4.69) is 10.3 Å². The van der Waals surface area contributed by atoms with Crippen molar-refractivity contribution in [2.75, 3.05) is 6.61 Å². The third-order valence-corrected chi connectivity index (χ3v) is 4.45. The van der Waals surface area contributed by atoms with Gasteiger partial charge < -0.3 is 14.5 Å². The molecule has 0 aliphatic rings. The lowest BCUT2D eigenvalue weighted by atomic mass is 10.0. The molecule has 0 aliphatic carbocycles. The maximum Gasteiger partial charge on any atom is 0.339 e. The van der Waals surface area contributed by atoms with Gasteiger partial charge in [0.15, 0.2) is 6.61 Å². The minimum absolute atomic E-state index is 0.205. The van der Waals surface area contributed by atoms with Gasteiger partial charge in [-0.2, -0.15) is 0 Å². The quantitative estimate of drug-likeness (QED) is 0.489. The van der Waals surface area contributed by atoms with Crippen LogP contribution < -0.4 is 5.32 Å². The average molecular weight is 404 g/mol. The molecule has 0 saturated heterocycles. The molecule has 2 heterocycles. The van der Waals surface area contributed by atoms with Gasteiger partial charge in [-0.3, -0.25) is 4.79 Å². The van der Waals surface area contributed by atoms with Crippen molar-refractivity contribution >= 4 is 22.8 Å². The molecule has 4 aromatic rings. The number of amides is 1. The summed E-state index contributed by atoms with van der Waals surface area (Å²) in [5, 5.41) is 3.22. The van der Waals surface area contributed by atoms with Crippen LogP contribution in [0.1, 0.15) is 16.1 Å². The van der Waals surface area contributed by atoms with Gasteiger partial charge >= 0.3 is 5.97 Å². The number of hydrogen-bond acceptors (Lipinski definition) is 5. The second kappa shape index (κ2) is 8.57. The first-order chi connectivity index (χ1) is 14.6. The fraction of sp³-hybridized carbons (Fsp3) is 0.0870. The van der Waals surface area contributed by atoms with E-state index in [4.69, 9.17) is 9.15 Å². The molecule has 0 bridgehead atoms. The summed E-state index contributed by atoms with van der Waals surface area (Å²) < 4.78 is 23.6. The van der Waals surface area contributed by atoms with Crippen LogP contribution in [0.25, 0.3) is 22.2 Å². The summed E-state index contributed by atoms with van der Waals surface area (Å²) in [7, 11) is 0. The molecule has 0 saturated carbocycles. The maximum atomic E-state index is 13.3. The highest BCUT2D eigenvalue weighted by Crippen LogP contribution is 2.25. The molecule has 1 amide bonds. The fourth-order valence-corrected chi connectivity index (χ4v) is 2.97. The molecule has 0 aliphatic heterocycles. The second-order valence-corrected chi connectivity index (χ2v) is 6.51. The summed E-state index contributed by atoms with van der Waals surface area (Å²) in [6.07, 6.45) is 1.51. The minimum Gasteiger partial charge on any atom is -0.467 e. The molecule has 4 rings (SSSR count). The Morgan fingerprint density at radius 1 is 1.03 bits per heavy atom. The number of pyridine rings is 1. The van der Waals surface area contributed by atoms with Gasteiger partial charge in [-0.25, -0.2) is 14.2 Å². The number of nitrogens with zero attached hydrogens (tertiary/aromatic N) is 1. The highest BCUT2D eigenvalue weighted by molar-refractivity contribution is 6.05. The molecule has 30 heavy (non-hydrogen) atoms. The lowest BCUT2D eigenvalue weighted by molar-refractivity contribution is -0.124. The molecular weight excluding hydrogens is 387 g/mol.